The van der Waals surface area contributed by atoms with Crippen molar-refractivity contribution in [2.45, 2.75) is 17.4 Å². The van der Waals surface area contributed by atoms with E-state index in [1.165, 1.54) is 0 Å². The molecule has 1 aromatic carbocycles. The van der Waals surface area contributed by atoms with Crippen LogP contribution in [0, 0.1) is 5.82 Å². The van der Waals surface area contributed by atoms with Gasteiger partial charge < -0.3 is 5.11 Å². The van der Waals surface area contributed by atoms with E-state index in [0.717, 1.165) is 12.1 Å². The van der Waals surface area contributed by atoms with Gasteiger partial charge in [-0.15, -0.1) is 0 Å². The number of rotatable bonds is 5. The van der Waals surface area contributed by atoms with E-state index in [-0.39, 0.29) is 5.02 Å². The number of alkyl halides is 2. The largest absolute Gasteiger partial charge is 0.386 e. The first-order chi connectivity index (χ1) is 8.66. The topological polar surface area (TPSA) is 66.4 Å². The van der Waals surface area contributed by atoms with E-state index in [0.29, 0.717) is 0 Å². The van der Waals surface area contributed by atoms with E-state index in [2.05, 4.69) is 0 Å². The summed E-state index contributed by atoms with van der Waals surface area (Å²) >= 11 is 10.9. The van der Waals surface area contributed by atoms with Gasteiger partial charge in [-0.05, 0) is 12.1 Å². The Morgan fingerprint density at radius 2 is 1.89 bits per heavy atom. The second kappa shape index (κ2) is 6.27. The number of aliphatic hydroxyl groups is 1. The maximum absolute atomic E-state index is 13.3. The Morgan fingerprint density at radius 3 is 2.42 bits per heavy atom. The quantitative estimate of drug-likeness (QED) is 0.808. The molecule has 4 nitrogen and oxygen atoms in total. The van der Waals surface area contributed by atoms with E-state index in [1.807, 2.05) is 0 Å². The molecule has 19 heavy (non-hydrogen) atoms. The van der Waals surface area contributed by atoms with Crippen LogP contribution in [0.4, 0.5) is 13.2 Å². The van der Waals surface area contributed by atoms with Gasteiger partial charge >= 0.3 is 0 Å². The summed E-state index contributed by atoms with van der Waals surface area (Å²) < 4.78 is 62.4. The van der Waals surface area contributed by atoms with Crippen LogP contribution in [0.5, 0.6) is 0 Å². The fraction of sp³-hybridized carbons (Fsp3) is 0.333. The number of halogens is 5. The Kier molecular flexibility index (Phi) is 5.45. The van der Waals surface area contributed by atoms with Crippen LogP contribution in [0.2, 0.25) is 10.0 Å². The zero-order valence-electron chi connectivity index (χ0n) is 9.08. The van der Waals surface area contributed by atoms with Crippen LogP contribution >= 0.6 is 23.2 Å². The Morgan fingerprint density at radius 1 is 1.32 bits per heavy atom. The Hall–Kier alpha value is -0.540. The Balaban J connectivity index is 2.99. The third kappa shape index (κ3) is 3.96. The molecule has 0 saturated heterocycles. The van der Waals surface area contributed by atoms with Crippen molar-refractivity contribution in [3.8, 4) is 0 Å². The van der Waals surface area contributed by atoms with Crippen LogP contribution in [-0.2, 0) is 10.0 Å². The minimum absolute atomic E-state index is 0.378. The van der Waals surface area contributed by atoms with Gasteiger partial charge in [0.25, 0.3) is 6.43 Å². The lowest BCUT2D eigenvalue weighted by Gasteiger charge is -2.12. The highest BCUT2D eigenvalue weighted by Crippen LogP contribution is 2.29. The number of benzene rings is 1. The van der Waals surface area contributed by atoms with Gasteiger partial charge in [0.2, 0.25) is 10.0 Å². The van der Waals surface area contributed by atoms with Gasteiger partial charge in [0.15, 0.2) is 5.82 Å². The molecule has 1 rings (SSSR count). The zero-order valence-corrected chi connectivity index (χ0v) is 11.4. The number of nitrogens with one attached hydrogen (secondary N) is 1. The molecule has 0 spiro atoms. The summed E-state index contributed by atoms with van der Waals surface area (Å²) in [6.45, 7) is -0.930. The Labute approximate surface area is 117 Å². The summed E-state index contributed by atoms with van der Waals surface area (Å²) in [6.07, 6.45) is -5.29. The monoisotopic (exact) mass is 337 g/mol. The number of hydrogen-bond donors (Lipinski definition) is 2. The van der Waals surface area contributed by atoms with Crippen molar-refractivity contribution in [1.82, 2.24) is 4.72 Å². The molecule has 10 heteroatoms. The lowest BCUT2D eigenvalue weighted by atomic mass is 10.3. The molecule has 108 valence electrons. The Bertz CT molecular complexity index is 568. The van der Waals surface area contributed by atoms with E-state index >= 15 is 0 Å². The van der Waals surface area contributed by atoms with Crippen molar-refractivity contribution in [2.24, 2.45) is 0 Å². The van der Waals surface area contributed by atoms with Crippen molar-refractivity contribution in [2.75, 3.05) is 6.54 Å². The van der Waals surface area contributed by atoms with E-state index < -0.39 is 44.8 Å². The molecule has 2 N–H and O–H groups in total. The van der Waals surface area contributed by atoms with Gasteiger partial charge in [0.05, 0.1) is 10.0 Å². The van der Waals surface area contributed by atoms with Crippen LogP contribution in [0.25, 0.3) is 0 Å². The second-order valence-corrected chi connectivity index (χ2v) is 5.95. The van der Waals surface area contributed by atoms with Gasteiger partial charge in [-0.1, -0.05) is 23.2 Å². The SMILES string of the molecule is O=S(=O)(NCC(O)C(F)F)c1ccc(Cl)c(F)c1Cl. The first-order valence-corrected chi connectivity index (χ1v) is 7.00. The summed E-state index contributed by atoms with van der Waals surface area (Å²) in [6, 6.07) is 1.88. The minimum atomic E-state index is -4.33. The molecule has 0 fully saturated rings. The van der Waals surface area contributed by atoms with Crippen molar-refractivity contribution in [1.29, 1.82) is 0 Å². The first-order valence-electron chi connectivity index (χ1n) is 4.76. The van der Waals surface area contributed by atoms with Gasteiger partial charge in [0.1, 0.15) is 11.0 Å². The van der Waals surface area contributed by atoms with E-state index in [4.69, 9.17) is 28.3 Å². The van der Waals surface area contributed by atoms with Crippen LogP contribution < -0.4 is 4.72 Å². The molecule has 1 unspecified atom stereocenters. The smallest absolute Gasteiger partial charge is 0.265 e. The molecular weight excluding hydrogens is 330 g/mol. The van der Waals surface area contributed by atoms with E-state index in [9.17, 15) is 21.6 Å². The van der Waals surface area contributed by atoms with E-state index in [1.54, 1.807) is 4.72 Å². The predicted octanol–water partition coefficient (Wildman–Crippen LogP) is 2.04. The molecule has 0 heterocycles. The highest BCUT2D eigenvalue weighted by molar-refractivity contribution is 7.89. The van der Waals surface area contributed by atoms with Crippen molar-refractivity contribution in [3.63, 3.8) is 0 Å². The zero-order chi connectivity index (χ0) is 14.8. The number of aliphatic hydroxyl groups excluding tert-OH is 1. The predicted molar refractivity (Wildman–Crippen MR) is 63.6 cm³/mol. The van der Waals surface area contributed by atoms with Crippen LogP contribution in [0.15, 0.2) is 17.0 Å². The molecule has 0 aliphatic heterocycles. The summed E-state index contributed by atoms with van der Waals surface area (Å²) in [5, 5.41) is 7.66. The number of hydrogen-bond acceptors (Lipinski definition) is 3. The highest BCUT2D eigenvalue weighted by Gasteiger charge is 2.24. The minimum Gasteiger partial charge on any atom is -0.386 e. The average Bonchev–Trinajstić information content (AvgIpc) is 2.32. The van der Waals surface area contributed by atoms with Gasteiger partial charge in [-0.25, -0.2) is 26.3 Å². The first kappa shape index (κ1) is 16.5. The fourth-order valence-corrected chi connectivity index (χ4v) is 2.87. The second-order valence-electron chi connectivity index (χ2n) is 3.43. The van der Waals surface area contributed by atoms with Crippen LogP contribution in [-0.4, -0.2) is 32.6 Å². The van der Waals surface area contributed by atoms with Gasteiger partial charge in [-0.2, -0.15) is 0 Å². The molecule has 0 bridgehead atoms. The van der Waals surface area contributed by atoms with Crippen molar-refractivity contribution >= 4 is 33.2 Å². The summed E-state index contributed by atoms with van der Waals surface area (Å²) in [5.74, 6) is -1.14. The standard InChI is InChI=1S/C9H8Cl2F3NO3S/c10-4-1-2-6(7(11)8(4)12)19(17,18)15-3-5(16)9(13)14/h1-2,5,9,15-16H,3H2. The molecule has 0 amide bonds. The average molecular weight is 338 g/mol. The lowest BCUT2D eigenvalue weighted by molar-refractivity contribution is -0.000451. The summed E-state index contributed by atoms with van der Waals surface area (Å²) in [7, 11) is -4.33. The molecule has 0 aromatic heterocycles. The van der Waals surface area contributed by atoms with Gasteiger partial charge in [0, 0.05) is 6.54 Å². The third-order valence-corrected chi connectivity index (χ3v) is 4.30. The fourth-order valence-electron chi connectivity index (χ4n) is 1.08. The lowest BCUT2D eigenvalue weighted by Crippen LogP contribution is -2.36. The maximum Gasteiger partial charge on any atom is 0.265 e. The van der Waals surface area contributed by atoms with Crippen LogP contribution in [0.1, 0.15) is 0 Å². The van der Waals surface area contributed by atoms with Crippen molar-refractivity contribution < 1.29 is 26.7 Å². The molecule has 1 atom stereocenters. The molecular formula is C9H8Cl2F3NO3S. The molecule has 0 aliphatic carbocycles. The number of sulfonamides is 1. The molecule has 0 aliphatic rings. The maximum atomic E-state index is 13.3. The third-order valence-electron chi connectivity index (χ3n) is 2.06. The molecule has 0 radical (unpaired) electrons. The summed E-state index contributed by atoms with van der Waals surface area (Å²) in [5.41, 5.74) is 0. The van der Waals surface area contributed by atoms with Gasteiger partial charge in [-0.3, -0.25) is 0 Å². The van der Waals surface area contributed by atoms with Crippen molar-refractivity contribution in [3.05, 3.63) is 28.0 Å². The molecule has 1 aromatic rings. The molecule has 0 saturated carbocycles. The highest BCUT2D eigenvalue weighted by atomic mass is 35.5. The summed E-state index contributed by atoms with van der Waals surface area (Å²) in [4.78, 5) is -0.655. The normalized spacial score (nSPS) is 13.8. The van der Waals surface area contributed by atoms with Crippen LogP contribution in [0.3, 0.4) is 0 Å².